The Morgan fingerprint density at radius 3 is 2.42 bits per heavy atom. The lowest BCUT2D eigenvalue weighted by molar-refractivity contribution is -0.143. The van der Waals surface area contributed by atoms with Gasteiger partial charge in [-0.1, -0.05) is 37.6 Å². The molecule has 0 aliphatic heterocycles. The van der Waals surface area contributed by atoms with Gasteiger partial charge in [-0.2, -0.15) is 0 Å². The summed E-state index contributed by atoms with van der Waals surface area (Å²) < 4.78 is 35.0. The Labute approximate surface area is 224 Å². The first-order valence-corrected chi connectivity index (χ1v) is 14.4. The number of carbonyl (C=O) groups is 1. The van der Waals surface area contributed by atoms with E-state index in [1.165, 1.54) is 4.31 Å². The van der Waals surface area contributed by atoms with Gasteiger partial charge < -0.3 is 19.9 Å². The summed E-state index contributed by atoms with van der Waals surface area (Å²) in [6.45, 7) is 4.88. The maximum atomic E-state index is 13.2. The van der Waals surface area contributed by atoms with Crippen molar-refractivity contribution < 1.29 is 17.9 Å². The summed E-state index contributed by atoms with van der Waals surface area (Å²) in [7, 11) is 0.297. The number of carbonyl (C=O) groups excluding carboxylic acids is 1. The van der Waals surface area contributed by atoms with Crippen LogP contribution in [0.15, 0.2) is 42.5 Å². The SMILES string of the molecule is CCCCS(=O)(=O)N(CCN(C)C)c1ccc2c(c1)nc(Cc1ccc(C(=N)N)cc1)n2CC(=O)OCC. The van der Waals surface area contributed by atoms with E-state index >= 15 is 0 Å². The Bertz CT molecular complexity index is 1370. The lowest BCUT2D eigenvalue weighted by atomic mass is 10.1. The molecule has 1 aromatic heterocycles. The van der Waals surface area contributed by atoms with E-state index in [0.29, 0.717) is 48.5 Å². The Kier molecular flexibility index (Phi) is 9.87. The standard InChI is InChI=1S/C27H38N6O4S/c1-5-7-16-38(35,36)33(15-14-31(3)4)22-12-13-24-23(18-22)30-25(32(24)19-26(34)37-6-2)17-20-8-10-21(11-9-20)27(28)29/h8-13,18H,5-7,14-17,19H2,1-4H3,(H3,28,29). The largest absolute Gasteiger partial charge is 0.465 e. The van der Waals surface area contributed by atoms with Gasteiger partial charge >= 0.3 is 5.97 Å². The topological polar surface area (TPSA) is 135 Å². The molecule has 2 aromatic carbocycles. The van der Waals surface area contributed by atoms with E-state index in [2.05, 4.69) is 0 Å². The fraction of sp³-hybridized carbons (Fsp3) is 0.444. The van der Waals surface area contributed by atoms with Crippen molar-refractivity contribution in [2.24, 2.45) is 5.73 Å². The number of benzene rings is 2. The second-order valence-electron chi connectivity index (χ2n) is 9.42. The van der Waals surface area contributed by atoms with E-state index in [4.69, 9.17) is 20.9 Å². The maximum absolute atomic E-state index is 13.2. The van der Waals surface area contributed by atoms with Crippen LogP contribution in [0.4, 0.5) is 5.69 Å². The maximum Gasteiger partial charge on any atom is 0.326 e. The predicted octanol–water partition coefficient (Wildman–Crippen LogP) is 2.97. The molecular weight excluding hydrogens is 504 g/mol. The van der Waals surface area contributed by atoms with Crippen LogP contribution in [0.3, 0.4) is 0 Å². The summed E-state index contributed by atoms with van der Waals surface area (Å²) in [6.07, 6.45) is 1.80. The third-order valence-corrected chi connectivity index (χ3v) is 8.03. The number of fused-ring (bicyclic) bond motifs is 1. The van der Waals surface area contributed by atoms with Crippen molar-refractivity contribution in [1.29, 1.82) is 5.41 Å². The molecule has 0 aliphatic rings. The fourth-order valence-corrected chi connectivity index (χ4v) is 5.78. The van der Waals surface area contributed by atoms with Gasteiger partial charge in [-0.25, -0.2) is 13.4 Å². The van der Waals surface area contributed by atoms with Crippen molar-refractivity contribution in [3.05, 3.63) is 59.4 Å². The molecule has 0 saturated heterocycles. The lowest BCUT2D eigenvalue weighted by Crippen LogP contribution is -2.38. The molecule has 1 heterocycles. The highest BCUT2D eigenvalue weighted by atomic mass is 32.2. The number of nitrogen functional groups attached to an aromatic ring is 1. The zero-order valence-corrected chi connectivity index (χ0v) is 23.4. The number of rotatable bonds is 14. The Balaban J connectivity index is 2.05. The number of aromatic nitrogens is 2. The number of nitrogens with one attached hydrogen (secondary N) is 1. The number of imidazole rings is 1. The first-order valence-electron chi connectivity index (χ1n) is 12.8. The molecule has 3 rings (SSSR count). The Hall–Kier alpha value is -3.44. The number of nitrogens with zero attached hydrogens (tertiary/aromatic N) is 4. The van der Waals surface area contributed by atoms with Crippen molar-refractivity contribution in [3.63, 3.8) is 0 Å². The monoisotopic (exact) mass is 542 g/mol. The summed E-state index contributed by atoms with van der Waals surface area (Å²) >= 11 is 0. The van der Waals surface area contributed by atoms with Crippen LogP contribution in [0.1, 0.15) is 43.6 Å². The van der Waals surface area contributed by atoms with Crippen LogP contribution in [-0.4, -0.2) is 74.2 Å². The summed E-state index contributed by atoms with van der Waals surface area (Å²) in [5.41, 5.74) is 9.00. The van der Waals surface area contributed by atoms with E-state index in [1.807, 2.05) is 48.7 Å². The van der Waals surface area contributed by atoms with Crippen LogP contribution >= 0.6 is 0 Å². The Morgan fingerprint density at radius 1 is 1.11 bits per heavy atom. The minimum absolute atomic E-state index is 0.00802. The molecule has 0 fully saturated rings. The normalized spacial score (nSPS) is 11.7. The molecule has 206 valence electrons. The minimum Gasteiger partial charge on any atom is -0.465 e. The van der Waals surface area contributed by atoms with Gasteiger partial charge in [-0.3, -0.25) is 14.5 Å². The van der Waals surface area contributed by atoms with Crippen molar-refractivity contribution in [1.82, 2.24) is 14.5 Å². The average Bonchev–Trinajstić information content (AvgIpc) is 3.19. The molecule has 0 radical (unpaired) electrons. The van der Waals surface area contributed by atoms with Gasteiger partial charge in [0.15, 0.2) is 0 Å². The highest BCUT2D eigenvalue weighted by molar-refractivity contribution is 7.92. The van der Waals surface area contributed by atoms with Crippen molar-refractivity contribution in [2.45, 2.75) is 39.7 Å². The lowest BCUT2D eigenvalue weighted by Gasteiger charge is -2.26. The summed E-state index contributed by atoms with van der Waals surface area (Å²) in [6, 6.07) is 12.7. The van der Waals surface area contributed by atoms with E-state index in [9.17, 15) is 13.2 Å². The number of sulfonamides is 1. The summed E-state index contributed by atoms with van der Waals surface area (Å²) in [5.74, 6) is 0.341. The number of anilines is 1. The first kappa shape index (κ1) is 29.1. The molecule has 10 nitrogen and oxygen atoms in total. The number of unbranched alkanes of at least 4 members (excludes halogenated alkanes) is 1. The van der Waals surface area contributed by atoms with Crippen molar-refractivity contribution in [2.75, 3.05) is 43.8 Å². The summed E-state index contributed by atoms with van der Waals surface area (Å²) in [5, 5.41) is 7.60. The van der Waals surface area contributed by atoms with Crippen molar-refractivity contribution in [3.8, 4) is 0 Å². The number of ether oxygens (including phenoxy) is 1. The van der Waals surface area contributed by atoms with Crippen molar-refractivity contribution >= 4 is 38.5 Å². The molecule has 0 saturated carbocycles. The third-order valence-electron chi connectivity index (χ3n) is 6.16. The van der Waals surface area contributed by atoms with Gasteiger partial charge in [0.1, 0.15) is 18.2 Å². The van der Waals surface area contributed by atoms with Crippen LogP contribution < -0.4 is 10.0 Å². The van der Waals surface area contributed by atoms with E-state index < -0.39 is 10.0 Å². The number of nitrogens with two attached hydrogens (primary N) is 1. The molecule has 0 spiro atoms. The van der Waals surface area contributed by atoms with Crippen LogP contribution in [0.25, 0.3) is 11.0 Å². The molecule has 0 amide bonds. The fourth-order valence-electron chi connectivity index (χ4n) is 4.11. The van der Waals surface area contributed by atoms with Gasteiger partial charge in [-0.15, -0.1) is 0 Å². The zero-order valence-electron chi connectivity index (χ0n) is 22.6. The van der Waals surface area contributed by atoms with E-state index in [0.717, 1.165) is 17.5 Å². The quantitative estimate of drug-likeness (QED) is 0.182. The highest BCUT2D eigenvalue weighted by Gasteiger charge is 2.24. The molecule has 38 heavy (non-hydrogen) atoms. The van der Waals surface area contributed by atoms with Gasteiger partial charge in [0.25, 0.3) is 0 Å². The third kappa shape index (κ3) is 7.32. The highest BCUT2D eigenvalue weighted by Crippen LogP contribution is 2.27. The number of hydrogen-bond donors (Lipinski definition) is 2. The first-order chi connectivity index (χ1) is 18.1. The number of amidine groups is 1. The second kappa shape index (κ2) is 12.9. The van der Waals surface area contributed by atoms with Crippen LogP contribution in [0, 0.1) is 5.41 Å². The summed E-state index contributed by atoms with van der Waals surface area (Å²) in [4.78, 5) is 19.2. The molecule has 0 atom stereocenters. The van der Waals surface area contributed by atoms with Crippen LogP contribution in [0.2, 0.25) is 0 Å². The van der Waals surface area contributed by atoms with E-state index in [1.54, 1.807) is 31.2 Å². The van der Waals surface area contributed by atoms with Gasteiger partial charge in [-0.05, 0) is 51.2 Å². The number of likely N-dealkylation sites (N-methyl/N-ethyl adjacent to an activating group) is 1. The Morgan fingerprint density at radius 2 is 1.82 bits per heavy atom. The molecule has 0 bridgehead atoms. The number of esters is 1. The molecule has 0 unspecified atom stereocenters. The smallest absolute Gasteiger partial charge is 0.326 e. The van der Waals surface area contributed by atoms with Gasteiger partial charge in [0.2, 0.25) is 10.0 Å². The average molecular weight is 543 g/mol. The van der Waals surface area contributed by atoms with Crippen LogP contribution in [0.5, 0.6) is 0 Å². The number of hydrogen-bond acceptors (Lipinski definition) is 7. The molecule has 3 aromatic rings. The molecule has 11 heteroatoms. The molecular formula is C27H38N6O4S. The van der Waals surface area contributed by atoms with Gasteiger partial charge in [0, 0.05) is 25.1 Å². The predicted molar refractivity (Wildman–Crippen MR) is 151 cm³/mol. The van der Waals surface area contributed by atoms with Crippen LogP contribution in [-0.2, 0) is 32.5 Å². The minimum atomic E-state index is -3.52. The van der Waals surface area contributed by atoms with E-state index in [-0.39, 0.29) is 30.7 Å². The zero-order chi connectivity index (χ0) is 27.9. The second-order valence-corrected chi connectivity index (χ2v) is 11.4. The molecule has 3 N–H and O–H groups in total. The van der Waals surface area contributed by atoms with Gasteiger partial charge in [0.05, 0.1) is 29.1 Å². The molecule has 0 aliphatic carbocycles.